The third-order valence-corrected chi connectivity index (χ3v) is 3.40. The van der Waals surface area contributed by atoms with Gasteiger partial charge in [0.2, 0.25) is 0 Å². The van der Waals surface area contributed by atoms with Gasteiger partial charge >= 0.3 is 18.2 Å². The normalized spacial score (nSPS) is 21.3. The zero-order valence-corrected chi connectivity index (χ0v) is 16.2. The number of ether oxygens (including phenoxy) is 3. The van der Waals surface area contributed by atoms with Crippen molar-refractivity contribution in [3.63, 3.8) is 0 Å². The number of amides is 2. The third-order valence-electron chi connectivity index (χ3n) is 3.40. The van der Waals surface area contributed by atoms with Crippen molar-refractivity contribution < 1.29 is 28.6 Å². The second kappa shape index (κ2) is 7.93. The fourth-order valence-corrected chi connectivity index (χ4v) is 2.47. The molecule has 0 unspecified atom stereocenters. The molecule has 0 aromatic carbocycles. The van der Waals surface area contributed by atoms with Gasteiger partial charge in [-0.15, -0.1) is 0 Å². The van der Waals surface area contributed by atoms with Crippen LogP contribution in [0.1, 0.15) is 54.4 Å². The topological polar surface area (TPSA) is 94.2 Å². The standard InChI is InChI=1S/C17H30N2O6/c1-16(2,3)24-14(21)18-11-8-9-12(13(20)23-7)19(10-11)15(22)25-17(4,5)6/h11-12H,8-10H2,1-7H3,(H,18,21)/t11-,12+/m1/s1. The van der Waals surface area contributed by atoms with E-state index >= 15 is 0 Å². The molecule has 2 amide bonds. The van der Waals surface area contributed by atoms with E-state index in [1.54, 1.807) is 41.5 Å². The molecule has 144 valence electrons. The average molecular weight is 358 g/mol. The van der Waals surface area contributed by atoms with Crippen molar-refractivity contribution in [3.8, 4) is 0 Å². The molecule has 0 saturated carbocycles. The highest BCUT2D eigenvalue weighted by atomic mass is 16.6. The molecule has 8 heteroatoms. The van der Waals surface area contributed by atoms with Crippen LogP contribution in [0.2, 0.25) is 0 Å². The van der Waals surface area contributed by atoms with Crippen molar-refractivity contribution >= 4 is 18.2 Å². The van der Waals surface area contributed by atoms with E-state index in [9.17, 15) is 14.4 Å². The molecule has 1 heterocycles. The molecule has 0 spiro atoms. The molecule has 0 aromatic heterocycles. The highest BCUT2D eigenvalue weighted by molar-refractivity contribution is 5.82. The average Bonchev–Trinajstić information content (AvgIpc) is 2.42. The molecule has 25 heavy (non-hydrogen) atoms. The minimum absolute atomic E-state index is 0.147. The summed E-state index contributed by atoms with van der Waals surface area (Å²) >= 11 is 0. The van der Waals surface area contributed by atoms with Crippen LogP contribution < -0.4 is 5.32 Å². The SMILES string of the molecule is COC(=O)[C@@H]1CC[C@@H](NC(=O)OC(C)(C)C)CN1C(=O)OC(C)(C)C. The van der Waals surface area contributed by atoms with Gasteiger partial charge in [0.15, 0.2) is 0 Å². The van der Waals surface area contributed by atoms with Crippen molar-refractivity contribution in [2.24, 2.45) is 0 Å². The highest BCUT2D eigenvalue weighted by Crippen LogP contribution is 2.22. The van der Waals surface area contributed by atoms with Crippen molar-refractivity contribution in [2.45, 2.75) is 77.7 Å². The van der Waals surface area contributed by atoms with Crippen LogP contribution >= 0.6 is 0 Å². The fraction of sp³-hybridized carbons (Fsp3) is 0.824. The van der Waals surface area contributed by atoms with Crippen LogP contribution in [0.4, 0.5) is 9.59 Å². The number of carbonyl (C=O) groups is 3. The second-order valence-electron chi connectivity index (χ2n) is 8.09. The minimum atomic E-state index is -0.725. The van der Waals surface area contributed by atoms with E-state index in [0.717, 1.165) is 0 Å². The summed E-state index contributed by atoms with van der Waals surface area (Å²) in [5, 5.41) is 2.74. The van der Waals surface area contributed by atoms with Crippen LogP contribution in [0.3, 0.4) is 0 Å². The Labute approximate surface area is 149 Å². The molecule has 1 saturated heterocycles. The van der Waals surface area contributed by atoms with Gasteiger partial charge in [-0.1, -0.05) is 0 Å². The molecule has 1 N–H and O–H groups in total. The van der Waals surface area contributed by atoms with Crippen LogP contribution in [-0.4, -0.2) is 60.0 Å². The second-order valence-corrected chi connectivity index (χ2v) is 8.09. The van der Waals surface area contributed by atoms with E-state index < -0.39 is 35.4 Å². The number of piperidine rings is 1. The van der Waals surface area contributed by atoms with Crippen LogP contribution in [-0.2, 0) is 19.0 Å². The number of hydrogen-bond acceptors (Lipinski definition) is 6. The number of carbonyl (C=O) groups excluding carboxylic acids is 3. The summed E-state index contributed by atoms with van der Waals surface area (Å²) in [6.45, 7) is 10.7. The first-order valence-corrected chi connectivity index (χ1v) is 8.39. The molecule has 8 nitrogen and oxygen atoms in total. The molecule has 0 aliphatic carbocycles. The minimum Gasteiger partial charge on any atom is -0.467 e. The Balaban J connectivity index is 2.81. The first kappa shape index (κ1) is 21.1. The van der Waals surface area contributed by atoms with E-state index in [-0.39, 0.29) is 12.6 Å². The molecule has 0 radical (unpaired) electrons. The van der Waals surface area contributed by atoms with E-state index in [4.69, 9.17) is 14.2 Å². The summed E-state index contributed by atoms with van der Waals surface area (Å²) in [6.07, 6.45) is -0.276. The van der Waals surface area contributed by atoms with Gasteiger partial charge in [0.25, 0.3) is 0 Å². The Morgan fingerprint density at radius 1 is 0.960 bits per heavy atom. The van der Waals surface area contributed by atoms with Gasteiger partial charge in [-0.3, -0.25) is 4.90 Å². The lowest BCUT2D eigenvalue weighted by Crippen LogP contribution is -2.57. The van der Waals surface area contributed by atoms with Gasteiger partial charge in [0.1, 0.15) is 17.2 Å². The summed E-state index contributed by atoms with van der Waals surface area (Å²) in [5.41, 5.74) is -1.30. The van der Waals surface area contributed by atoms with Gasteiger partial charge in [-0.25, -0.2) is 14.4 Å². The maximum absolute atomic E-state index is 12.5. The van der Waals surface area contributed by atoms with Crippen LogP contribution in [0, 0.1) is 0 Å². The summed E-state index contributed by atoms with van der Waals surface area (Å²) in [7, 11) is 1.28. The quantitative estimate of drug-likeness (QED) is 0.602. The number of alkyl carbamates (subject to hydrolysis) is 1. The summed E-state index contributed by atoms with van der Waals surface area (Å²) in [5.74, 6) is -0.499. The number of methoxy groups -OCH3 is 1. The van der Waals surface area contributed by atoms with Crippen LogP contribution in [0.15, 0.2) is 0 Å². The molecule has 0 bridgehead atoms. The number of rotatable bonds is 2. The van der Waals surface area contributed by atoms with Gasteiger partial charge in [0.05, 0.1) is 13.2 Å². The number of nitrogens with one attached hydrogen (secondary N) is 1. The fourth-order valence-electron chi connectivity index (χ4n) is 2.47. The van der Waals surface area contributed by atoms with E-state index in [1.165, 1.54) is 12.0 Å². The lowest BCUT2D eigenvalue weighted by Gasteiger charge is -2.38. The predicted octanol–water partition coefficient (Wildman–Crippen LogP) is 2.45. The molecule has 1 aliphatic heterocycles. The van der Waals surface area contributed by atoms with Gasteiger partial charge in [-0.05, 0) is 54.4 Å². The van der Waals surface area contributed by atoms with Gasteiger partial charge in [-0.2, -0.15) is 0 Å². The van der Waals surface area contributed by atoms with Crippen molar-refractivity contribution in [1.82, 2.24) is 10.2 Å². The van der Waals surface area contributed by atoms with Crippen molar-refractivity contribution in [1.29, 1.82) is 0 Å². The number of esters is 1. The molecule has 1 rings (SSSR count). The van der Waals surface area contributed by atoms with E-state index in [1.807, 2.05) is 0 Å². The smallest absolute Gasteiger partial charge is 0.411 e. The Hall–Kier alpha value is -1.99. The summed E-state index contributed by atoms with van der Waals surface area (Å²) in [6, 6.07) is -1.06. The summed E-state index contributed by atoms with van der Waals surface area (Å²) in [4.78, 5) is 37.7. The Bertz CT molecular complexity index is 506. The summed E-state index contributed by atoms with van der Waals surface area (Å²) < 4.78 is 15.4. The Morgan fingerprint density at radius 3 is 2.00 bits per heavy atom. The zero-order chi connectivity index (χ0) is 19.4. The third kappa shape index (κ3) is 7.19. The molecule has 1 fully saturated rings. The first-order chi connectivity index (χ1) is 11.3. The Kier molecular flexibility index (Phi) is 6.68. The van der Waals surface area contributed by atoms with Crippen LogP contribution in [0.5, 0.6) is 0 Å². The van der Waals surface area contributed by atoms with E-state index in [2.05, 4.69) is 5.32 Å². The van der Waals surface area contributed by atoms with Crippen LogP contribution in [0.25, 0.3) is 0 Å². The highest BCUT2D eigenvalue weighted by Gasteiger charge is 2.39. The predicted molar refractivity (Wildman–Crippen MR) is 91.1 cm³/mol. The van der Waals surface area contributed by atoms with Crippen molar-refractivity contribution in [2.75, 3.05) is 13.7 Å². The number of likely N-dealkylation sites (tertiary alicyclic amines) is 1. The zero-order valence-electron chi connectivity index (χ0n) is 16.2. The maximum atomic E-state index is 12.5. The molecule has 0 aromatic rings. The molecular formula is C17H30N2O6. The van der Waals surface area contributed by atoms with Gasteiger partial charge in [0, 0.05) is 6.54 Å². The maximum Gasteiger partial charge on any atom is 0.411 e. The Morgan fingerprint density at radius 2 is 1.52 bits per heavy atom. The lowest BCUT2D eigenvalue weighted by molar-refractivity contribution is -0.148. The molecule has 1 aliphatic rings. The molecule has 2 atom stereocenters. The van der Waals surface area contributed by atoms with Gasteiger partial charge < -0.3 is 19.5 Å². The molecular weight excluding hydrogens is 328 g/mol. The largest absolute Gasteiger partial charge is 0.467 e. The lowest BCUT2D eigenvalue weighted by atomic mass is 9.98. The van der Waals surface area contributed by atoms with E-state index in [0.29, 0.717) is 12.8 Å². The number of hydrogen-bond donors (Lipinski definition) is 1. The monoisotopic (exact) mass is 358 g/mol. The van der Waals surface area contributed by atoms with Crippen molar-refractivity contribution in [3.05, 3.63) is 0 Å². The number of nitrogens with zero attached hydrogens (tertiary/aromatic N) is 1. The first-order valence-electron chi connectivity index (χ1n) is 8.39.